The van der Waals surface area contributed by atoms with Crippen LogP contribution in [0, 0.1) is 0 Å². The van der Waals surface area contributed by atoms with Gasteiger partial charge in [0, 0.05) is 72.8 Å². The van der Waals surface area contributed by atoms with Gasteiger partial charge in [0.1, 0.15) is 24.7 Å². The van der Waals surface area contributed by atoms with E-state index in [9.17, 15) is 49.7 Å². The number of ether oxygens (including phenoxy) is 4. The summed E-state index contributed by atoms with van der Waals surface area (Å²) in [6.45, 7) is 12.1. The molecule has 1 aromatic heterocycles. The van der Waals surface area contributed by atoms with Crippen molar-refractivity contribution in [3.05, 3.63) is 94.7 Å². The van der Waals surface area contributed by atoms with Gasteiger partial charge in [0.2, 0.25) is 17.1 Å². The van der Waals surface area contributed by atoms with E-state index in [1.807, 2.05) is 52.8 Å². The van der Waals surface area contributed by atoms with Crippen molar-refractivity contribution in [2.75, 3.05) is 89.4 Å². The number of unbranched alkanes of at least 4 members (excludes halogenated alkanes) is 2. The van der Waals surface area contributed by atoms with E-state index in [0.29, 0.717) is 125 Å². The fraction of sp³-hybridized carbons (Fsp3) is 0.520. The van der Waals surface area contributed by atoms with Gasteiger partial charge < -0.3 is 47.9 Å². The number of fused-ring (bicyclic) bond motifs is 2. The van der Waals surface area contributed by atoms with Gasteiger partial charge >= 0.3 is 5.97 Å². The molecule has 0 saturated heterocycles. The Morgan fingerprint density at radius 2 is 1.51 bits per heavy atom. The zero-order valence-corrected chi connectivity index (χ0v) is 44.5. The second-order valence-corrected chi connectivity index (χ2v) is 22.8. The predicted octanol–water partition coefficient (Wildman–Crippen LogP) is 5.78. The quantitative estimate of drug-likeness (QED) is 0.0179. The fourth-order valence-electron chi connectivity index (χ4n) is 8.60. The maximum atomic E-state index is 12.6. The van der Waals surface area contributed by atoms with Gasteiger partial charge in [-0.3, -0.25) is 9.11 Å². The van der Waals surface area contributed by atoms with Crippen LogP contribution in [0.2, 0.25) is 0 Å². The molecule has 5 rings (SSSR count). The molecule has 23 heteroatoms. The third-order valence-electron chi connectivity index (χ3n) is 12.2. The SMILES string of the molecule is COCCOCCOCCOCC[N+](CCCS(=O)(=O)O)=c1ccc2c(C(C)(C)C)cc(C=CC=C3N(CCCCCC(=O)On4c(O)ccc4O)c4ccc(S(=O)(=O)O)cc4C3(C)CCCS(=O)O)oc-2c1. The minimum absolute atomic E-state index is 0.00987. The predicted molar refractivity (Wildman–Crippen MR) is 275 cm³/mol. The van der Waals surface area contributed by atoms with Crippen LogP contribution in [0.25, 0.3) is 17.4 Å². The first-order valence-corrected chi connectivity index (χ1v) is 28.3. The Hall–Kier alpha value is -4.95. The lowest BCUT2D eigenvalue weighted by Crippen LogP contribution is -2.35. The standard InChI is InChI=1S/C50H69N3O17S3/c1-49(2,3)41-35-38(69-44-34-37(15-17-40(41)44)51(22-11-33-72(59,60)61)24-25-66-28-29-68-31-30-67-27-26-65-5)12-9-13-45-50(4,21-10-32-71(57)58)42-36-39(73(62,63)64)16-18-43(42)52(45)23-8-6-7-14-48(56)70-53-46(54)19-20-47(53)55/h9,12-13,15-20,34-36H,6-8,10-11,14,21-33H2,1-5H3,(H4-,54,55,57,58,59,60,61,62,63,64)/p+1. The van der Waals surface area contributed by atoms with Crippen molar-refractivity contribution in [1.29, 1.82) is 0 Å². The third kappa shape index (κ3) is 17.6. The zero-order chi connectivity index (χ0) is 53.4. The van der Waals surface area contributed by atoms with Gasteiger partial charge in [0.05, 0.1) is 56.4 Å². The van der Waals surface area contributed by atoms with Crippen LogP contribution in [0.3, 0.4) is 0 Å². The number of aromatic hydroxyl groups is 2. The van der Waals surface area contributed by atoms with Crippen LogP contribution in [0.4, 0.5) is 5.69 Å². The molecule has 0 saturated carbocycles. The summed E-state index contributed by atoms with van der Waals surface area (Å²) >= 11 is -2.09. The topological polar surface area (TPSA) is 274 Å². The molecule has 0 fully saturated rings. The van der Waals surface area contributed by atoms with E-state index in [4.69, 9.17) is 28.2 Å². The highest BCUT2D eigenvalue weighted by Gasteiger charge is 2.43. The van der Waals surface area contributed by atoms with Crippen molar-refractivity contribution in [3.63, 3.8) is 0 Å². The van der Waals surface area contributed by atoms with Crippen LogP contribution >= 0.6 is 0 Å². The number of nitrogens with zero attached hydrogens (tertiary/aromatic N) is 3. The second kappa shape index (κ2) is 27.0. The molecule has 0 amide bonds. The largest absolute Gasteiger partial charge is 0.492 e. The first-order chi connectivity index (χ1) is 34.5. The third-order valence-corrected chi connectivity index (χ3v) is 14.5. The molecule has 1 aromatic carbocycles. The highest BCUT2D eigenvalue weighted by Crippen LogP contribution is 2.51. The number of rotatable bonds is 30. The highest BCUT2D eigenvalue weighted by molar-refractivity contribution is 7.86. The summed E-state index contributed by atoms with van der Waals surface area (Å²) in [6, 6.07) is 14.5. The number of carbonyl (C=O) groups excluding carboxylic acids is 1. The van der Waals surface area contributed by atoms with Gasteiger partial charge in [-0.1, -0.05) is 33.3 Å². The summed E-state index contributed by atoms with van der Waals surface area (Å²) in [5.41, 5.74) is 2.60. The summed E-state index contributed by atoms with van der Waals surface area (Å²) in [7, 11) is -7.20. The summed E-state index contributed by atoms with van der Waals surface area (Å²) in [4.78, 5) is 19.4. The van der Waals surface area contributed by atoms with Crippen molar-refractivity contribution < 1.29 is 77.9 Å². The lowest BCUT2D eigenvalue weighted by Gasteiger charge is -2.30. The molecule has 20 nitrogen and oxygen atoms in total. The Balaban J connectivity index is 1.47. The van der Waals surface area contributed by atoms with E-state index in [1.54, 1.807) is 19.3 Å². The monoisotopic (exact) mass is 1080 g/mol. The molecule has 2 aromatic rings. The molecule has 0 spiro atoms. The van der Waals surface area contributed by atoms with Crippen LogP contribution in [-0.2, 0) is 65.9 Å². The highest BCUT2D eigenvalue weighted by atomic mass is 32.2. The van der Waals surface area contributed by atoms with Gasteiger partial charge in [-0.15, -0.1) is 4.73 Å². The van der Waals surface area contributed by atoms with E-state index in [-0.39, 0.29) is 28.9 Å². The summed E-state index contributed by atoms with van der Waals surface area (Å²) in [5.74, 6) is -0.921. The van der Waals surface area contributed by atoms with E-state index in [2.05, 4.69) is 20.8 Å². The number of allylic oxidation sites excluding steroid dienone is 3. The van der Waals surface area contributed by atoms with Crippen molar-refractivity contribution >= 4 is 49.0 Å². The number of anilines is 1. The summed E-state index contributed by atoms with van der Waals surface area (Å²) in [5, 5.41) is 20.4. The molecule has 0 radical (unpaired) electrons. The molecule has 2 unspecified atom stereocenters. The van der Waals surface area contributed by atoms with E-state index in [1.165, 1.54) is 24.3 Å². The normalized spacial score (nSPS) is 16.7. The minimum atomic E-state index is -4.60. The molecule has 2 aliphatic heterocycles. The van der Waals surface area contributed by atoms with Crippen LogP contribution in [0.1, 0.15) is 89.5 Å². The van der Waals surface area contributed by atoms with Gasteiger partial charge in [0.25, 0.3) is 20.2 Å². The lowest BCUT2D eigenvalue weighted by molar-refractivity contribution is -0.145. The molecule has 1 aliphatic carbocycles. The van der Waals surface area contributed by atoms with Gasteiger partial charge in [-0.2, -0.15) is 16.8 Å². The van der Waals surface area contributed by atoms with Gasteiger partial charge in [0.15, 0.2) is 17.6 Å². The van der Waals surface area contributed by atoms with Crippen molar-refractivity contribution in [1.82, 2.24) is 9.31 Å². The van der Waals surface area contributed by atoms with E-state index in [0.717, 1.165) is 22.2 Å². The molecular weight excluding hydrogens is 1010 g/mol. The number of hydrogen-bond donors (Lipinski definition) is 5. The molecule has 73 heavy (non-hydrogen) atoms. The molecule has 2 atom stereocenters. The average Bonchev–Trinajstić information content (AvgIpc) is 3.75. The summed E-state index contributed by atoms with van der Waals surface area (Å²) < 4.78 is 120. The molecule has 3 aliphatic rings. The maximum absolute atomic E-state index is 12.6. The van der Waals surface area contributed by atoms with Gasteiger partial charge in [-0.05, 0) is 91.6 Å². The number of hydrogen-bond acceptors (Lipinski definition) is 15. The Labute approximate surface area is 430 Å². The fourth-order valence-corrected chi connectivity index (χ4v) is 9.99. The first-order valence-electron chi connectivity index (χ1n) is 24.0. The number of methoxy groups -OCH3 is 1. The average molecular weight is 1080 g/mol. The maximum Gasteiger partial charge on any atom is 0.333 e. The summed E-state index contributed by atoms with van der Waals surface area (Å²) in [6.07, 6.45) is 7.81. The zero-order valence-electron chi connectivity index (χ0n) is 42.1. The number of benzene rings is 2. The molecular formula is C50H70N3O17S3+. The van der Waals surface area contributed by atoms with E-state index < -0.39 is 60.2 Å². The van der Waals surface area contributed by atoms with Gasteiger partial charge in [-0.25, -0.2) is 13.6 Å². The minimum Gasteiger partial charge on any atom is -0.492 e. The molecule has 3 heterocycles. The number of carbonyl (C=O) groups is 1. The number of aromatic nitrogens is 1. The van der Waals surface area contributed by atoms with Crippen LogP contribution in [0.15, 0.2) is 81.8 Å². The Bertz CT molecular complexity index is 2810. The van der Waals surface area contributed by atoms with E-state index >= 15 is 0 Å². The van der Waals surface area contributed by atoms with Crippen LogP contribution < -0.4 is 19.7 Å². The Morgan fingerprint density at radius 1 is 0.836 bits per heavy atom. The smallest absolute Gasteiger partial charge is 0.333 e. The molecule has 404 valence electrons. The van der Waals surface area contributed by atoms with Crippen molar-refractivity contribution in [2.24, 2.45) is 0 Å². The van der Waals surface area contributed by atoms with Crippen molar-refractivity contribution in [2.45, 2.75) is 88.4 Å². The lowest BCUT2D eigenvalue weighted by atomic mass is 9.77. The first kappa shape index (κ1) is 58.9. The van der Waals surface area contributed by atoms with Crippen LogP contribution in [0.5, 0.6) is 11.8 Å². The second-order valence-electron chi connectivity index (χ2n) is 18.7. The Morgan fingerprint density at radius 3 is 2.14 bits per heavy atom. The van der Waals surface area contributed by atoms with Crippen molar-refractivity contribution in [3.8, 4) is 23.1 Å². The van der Waals surface area contributed by atoms with Crippen LogP contribution in [-0.4, -0.2) is 140 Å². The molecule has 0 bridgehead atoms. The molecule has 5 N–H and O–H groups in total. The Kier molecular flexibility index (Phi) is 21.8.